The third-order valence-electron chi connectivity index (χ3n) is 3.91. The van der Waals surface area contributed by atoms with Crippen molar-refractivity contribution in [2.45, 2.75) is 51.5 Å². The van der Waals surface area contributed by atoms with E-state index in [-0.39, 0.29) is 5.54 Å². The van der Waals surface area contributed by atoms with E-state index >= 15 is 0 Å². The standard InChI is InChI=1S/C12H23N5/c1-10(2)12(7-5-4-6-8-13-12)9-11-14-16-17(3)15-11/h10,13H,4-9H2,1-3H3. The molecule has 17 heavy (non-hydrogen) atoms. The summed E-state index contributed by atoms with van der Waals surface area (Å²) >= 11 is 0. The van der Waals surface area contributed by atoms with Crippen LogP contribution in [0.15, 0.2) is 0 Å². The van der Waals surface area contributed by atoms with Gasteiger partial charge in [-0.2, -0.15) is 4.80 Å². The Morgan fingerprint density at radius 3 is 2.82 bits per heavy atom. The topological polar surface area (TPSA) is 55.6 Å². The molecule has 5 heteroatoms. The Bertz CT molecular complexity index is 350. The Balaban J connectivity index is 2.15. The number of hydrogen-bond donors (Lipinski definition) is 1. The number of nitrogens with one attached hydrogen (secondary N) is 1. The van der Waals surface area contributed by atoms with Crippen molar-refractivity contribution in [1.82, 2.24) is 25.5 Å². The van der Waals surface area contributed by atoms with E-state index in [1.807, 2.05) is 7.05 Å². The highest BCUT2D eigenvalue weighted by Gasteiger charge is 2.35. The Kier molecular flexibility index (Phi) is 3.76. The highest BCUT2D eigenvalue weighted by molar-refractivity contribution is 5.00. The number of tetrazole rings is 1. The van der Waals surface area contributed by atoms with Crippen molar-refractivity contribution < 1.29 is 0 Å². The molecule has 0 aliphatic carbocycles. The fourth-order valence-electron chi connectivity index (χ4n) is 2.69. The van der Waals surface area contributed by atoms with Crippen molar-refractivity contribution in [2.24, 2.45) is 13.0 Å². The lowest BCUT2D eigenvalue weighted by molar-refractivity contribution is 0.222. The first-order chi connectivity index (χ1) is 8.12. The van der Waals surface area contributed by atoms with Gasteiger partial charge in [-0.25, -0.2) is 0 Å². The molecule has 2 rings (SSSR count). The molecular weight excluding hydrogens is 214 g/mol. The maximum atomic E-state index is 4.32. The fourth-order valence-corrected chi connectivity index (χ4v) is 2.69. The Morgan fingerprint density at radius 1 is 1.35 bits per heavy atom. The minimum atomic E-state index is 0.152. The second kappa shape index (κ2) is 5.12. The maximum absolute atomic E-state index is 4.32. The van der Waals surface area contributed by atoms with Crippen molar-refractivity contribution in [1.29, 1.82) is 0 Å². The first-order valence-corrected chi connectivity index (χ1v) is 6.60. The third kappa shape index (κ3) is 2.83. The number of nitrogens with zero attached hydrogens (tertiary/aromatic N) is 4. The van der Waals surface area contributed by atoms with Gasteiger partial charge in [0.2, 0.25) is 0 Å². The van der Waals surface area contributed by atoms with E-state index in [0.717, 1.165) is 18.8 Å². The van der Waals surface area contributed by atoms with E-state index < -0.39 is 0 Å². The molecule has 1 aromatic heterocycles. The van der Waals surface area contributed by atoms with Gasteiger partial charge in [-0.05, 0) is 30.5 Å². The van der Waals surface area contributed by atoms with Crippen LogP contribution < -0.4 is 5.32 Å². The predicted molar refractivity (Wildman–Crippen MR) is 66.5 cm³/mol. The van der Waals surface area contributed by atoms with E-state index in [9.17, 15) is 0 Å². The van der Waals surface area contributed by atoms with Crippen molar-refractivity contribution >= 4 is 0 Å². The van der Waals surface area contributed by atoms with Crippen LogP contribution in [-0.4, -0.2) is 32.3 Å². The first-order valence-electron chi connectivity index (χ1n) is 6.60. The summed E-state index contributed by atoms with van der Waals surface area (Å²) in [5.74, 6) is 1.44. The third-order valence-corrected chi connectivity index (χ3v) is 3.91. The first kappa shape index (κ1) is 12.5. The smallest absolute Gasteiger partial charge is 0.176 e. The Labute approximate surface area is 103 Å². The van der Waals surface area contributed by atoms with Gasteiger partial charge < -0.3 is 5.32 Å². The molecule has 0 amide bonds. The van der Waals surface area contributed by atoms with E-state index in [1.54, 1.807) is 4.80 Å². The molecule has 1 aliphatic rings. The SMILES string of the molecule is CC(C)C1(Cc2nnn(C)n2)CCCCCN1. The molecule has 96 valence electrons. The van der Waals surface area contributed by atoms with Crippen LogP contribution in [0.4, 0.5) is 0 Å². The average Bonchev–Trinajstić information content (AvgIpc) is 2.54. The van der Waals surface area contributed by atoms with E-state index in [0.29, 0.717) is 5.92 Å². The van der Waals surface area contributed by atoms with Gasteiger partial charge in [0, 0.05) is 12.0 Å². The number of aryl methyl sites for hydroxylation is 1. The molecule has 0 radical (unpaired) electrons. The summed E-state index contributed by atoms with van der Waals surface area (Å²) in [7, 11) is 1.82. The van der Waals surface area contributed by atoms with Crippen LogP contribution in [0.2, 0.25) is 0 Å². The minimum absolute atomic E-state index is 0.152. The Hall–Kier alpha value is -0.970. The van der Waals surface area contributed by atoms with Crippen molar-refractivity contribution in [3.05, 3.63) is 5.82 Å². The predicted octanol–water partition coefficient (Wildman–Crippen LogP) is 1.31. The normalized spacial score (nSPS) is 26.1. The van der Waals surface area contributed by atoms with Crippen LogP contribution >= 0.6 is 0 Å². The molecule has 1 atom stereocenters. The average molecular weight is 237 g/mol. The lowest BCUT2D eigenvalue weighted by Crippen LogP contribution is -2.51. The van der Waals surface area contributed by atoms with Crippen LogP contribution in [0.1, 0.15) is 45.4 Å². The lowest BCUT2D eigenvalue weighted by atomic mass is 9.79. The second-order valence-corrected chi connectivity index (χ2v) is 5.42. The Morgan fingerprint density at radius 2 is 2.18 bits per heavy atom. The molecule has 1 aromatic rings. The van der Waals surface area contributed by atoms with Gasteiger partial charge in [-0.15, -0.1) is 10.2 Å². The molecule has 1 aliphatic heterocycles. The quantitative estimate of drug-likeness (QED) is 0.861. The molecule has 1 saturated heterocycles. The zero-order valence-electron chi connectivity index (χ0n) is 11.1. The minimum Gasteiger partial charge on any atom is -0.311 e. The van der Waals surface area contributed by atoms with Gasteiger partial charge in [0.05, 0.1) is 7.05 Å². The van der Waals surface area contributed by atoms with Crippen LogP contribution in [0.5, 0.6) is 0 Å². The summed E-state index contributed by atoms with van der Waals surface area (Å²) in [5, 5.41) is 16.1. The second-order valence-electron chi connectivity index (χ2n) is 5.42. The molecule has 0 aromatic carbocycles. The molecule has 0 spiro atoms. The van der Waals surface area contributed by atoms with Crippen molar-refractivity contribution in [2.75, 3.05) is 6.54 Å². The maximum Gasteiger partial charge on any atom is 0.176 e. The molecule has 1 unspecified atom stereocenters. The molecule has 5 nitrogen and oxygen atoms in total. The molecule has 2 heterocycles. The number of rotatable bonds is 3. The zero-order valence-corrected chi connectivity index (χ0v) is 11.1. The van der Waals surface area contributed by atoms with Gasteiger partial charge in [0.25, 0.3) is 0 Å². The van der Waals surface area contributed by atoms with Gasteiger partial charge in [-0.3, -0.25) is 0 Å². The summed E-state index contributed by atoms with van der Waals surface area (Å²) < 4.78 is 0. The number of aromatic nitrogens is 4. The molecule has 0 saturated carbocycles. The van der Waals surface area contributed by atoms with Crippen molar-refractivity contribution in [3.8, 4) is 0 Å². The monoisotopic (exact) mass is 237 g/mol. The summed E-state index contributed by atoms with van der Waals surface area (Å²) in [6.45, 7) is 5.68. The molecule has 0 bridgehead atoms. The van der Waals surface area contributed by atoms with E-state index in [4.69, 9.17) is 0 Å². The molecular formula is C12H23N5. The summed E-state index contributed by atoms with van der Waals surface area (Å²) in [4.78, 5) is 1.54. The summed E-state index contributed by atoms with van der Waals surface area (Å²) in [6, 6.07) is 0. The zero-order chi connectivity index (χ0) is 12.3. The van der Waals surface area contributed by atoms with Crippen LogP contribution in [0, 0.1) is 5.92 Å². The summed E-state index contributed by atoms with van der Waals surface area (Å²) in [5.41, 5.74) is 0.152. The largest absolute Gasteiger partial charge is 0.311 e. The van der Waals surface area contributed by atoms with E-state index in [2.05, 4.69) is 34.6 Å². The lowest BCUT2D eigenvalue weighted by Gasteiger charge is -2.37. The summed E-state index contributed by atoms with van der Waals surface area (Å²) in [6.07, 6.45) is 6.00. The van der Waals surface area contributed by atoms with Gasteiger partial charge in [-0.1, -0.05) is 26.7 Å². The fraction of sp³-hybridized carbons (Fsp3) is 0.917. The van der Waals surface area contributed by atoms with Crippen molar-refractivity contribution in [3.63, 3.8) is 0 Å². The number of hydrogen-bond acceptors (Lipinski definition) is 4. The van der Waals surface area contributed by atoms with Gasteiger partial charge >= 0.3 is 0 Å². The van der Waals surface area contributed by atoms with Crippen LogP contribution in [-0.2, 0) is 13.5 Å². The van der Waals surface area contributed by atoms with Crippen LogP contribution in [0.25, 0.3) is 0 Å². The highest BCUT2D eigenvalue weighted by Crippen LogP contribution is 2.29. The van der Waals surface area contributed by atoms with Crippen LogP contribution in [0.3, 0.4) is 0 Å². The van der Waals surface area contributed by atoms with E-state index in [1.165, 1.54) is 25.7 Å². The van der Waals surface area contributed by atoms with Gasteiger partial charge in [0.15, 0.2) is 5.82 Å². The molecule has 1 fully saturated rings. The van der Waals surface area contributed by atoms with Gasteiger partial charge in [0.1, 0.15) is 0 Å². The highest BCUT2D eigenvalue weighted by atomic mass is 15.6. The molecule has 1 N–H and O–H groups in total.